The van der Waals surface area contributed by atoms with E-state index in [0.717, 1.165) is 12.0 Å². The summed E-state index contributed by atoms with van der Waals surface area (Å²) < 4.78 is 0. The molecule has 1 rings (SSSR count). The Morgan fingerprint density at radius 2 is 1.90 bits per heavy atom. The smallest absolute Gasteiger partial charge is 0.315 e. The minimum atomic E-state index is -0.350. The van der Waals surface area contributed by atoms with Crippen molar-refractivity contribution in [1.29, 1.82) is 0 Å². The molecule has 0 aromatic heterocycles. The van der Waals surface area contributed by atoms with E-state index in [4.69, 9.17) is 5.73 Å². The van der Waals surface area contributed by atoms with Crippen molar-refractivity contribution in [2.75, 3.05) is 6.54 Å². The maximum atomic E-state index is 11.7. The fourth-order valence-electron chi connectivity index (χ4n) is 1.84. The second-order valence-corrected chi connectivity index (χ2v) is 4.79. The summed E-state index contributed by atoms with van der Waals surface area (Å²) in [5, 5.41) is 5.56. The van der Waals surface area contributed by atoms with E-state index in [9.17, 15) is 9.59 Å². The lowest BCUT2D eigenvalue weighted by Crippen LogP contribution is -2.37. The van der Waals surface area contributed by atoms with Gasteiger partial charge in [0.15, 0.2) is 0 Å². The Kier molecular flexibility index (Phi) is 6.56. The molecule has 20 heavy (non-hydrogen) atoms. The van der Waals surface area contributed by atoms with Crippen LogP contribution in [0, 0.1) is 0 Å². The van der Waals surface area contributed by atoms with Crippen LogP contribution in [0.5, 0.6) is 0 Å². The summed E-state index contributed by atoms with van der Waals surface area (Å²) in [5.41, 5.74) is 7.36. The number of hydrogen-bond donors (Lipinski definition) is 3. The van der Waals surface area contributed by atoms with Crippen molar-refractivity contribution in [1.82, 2.24) is 10.6 Å². The van der Waals surface area contributed by atoms with Gasteiger partial charge in [-0.25, -0.2) is 4.79 Å². The van der Waals surface area contributed by atoms with Crippen LogP contribution in [0.15, 0.2) is 24.3 Å². The molecule has 5 heteroatoms. The number of carbonyl (C=O) groups excluding carboxylic acids is 2. The van der Waals surface area contributed by atoms with Crippen molar-refractivity contribution in [2.24, 2.45) is 5.73 Å². The SMILES string of the molecule is CCc1ccc([C@H](C)NC(=O)NCCCC(N)=O)cc1. The van der Waals surface area contributed by atoms with Gasteiger partial charge in [-0.15, -0.1) is 0 Å². The molecule has 0 aliphatic heterocycles. The average Bonchev–Trinajstić information content (AvgIpc) is 2.43. The van der Waals surface area contributed by atoms with Crippen LogP contribution in [-0.4, -0.2) is 18.5 Å². The molecule has 1 aromatic carbocycles. The zero-order valence-electron chi connectivity index (χ0n) is 12.1. The van der Waals surface area contributed by atoms with E-state index >= 15 is 0 Å². The van der Waals surface area contributed by atoms with Gasteiger partial charge in [0.1, 0.15) is 0 Å². The maximum absolute atomic E-state index is 11.7. The molecule has 3 amide bonds. The quantitative estimate of drug-likeness (QED) is 0.665. The molecule has 0 saturated carbocycles. The van der Waals surface area contributed by atoms with Crippen molar-refractivity contribution in [3.8, 4) is 0 Å². The number of nitrogens with one attached hydrogen (secondary N) is 2. The molecule has 0 bridgehead atoms. The molecule has 0 radical (unpaired) electrons. The van der Waals surface area contributed by atoms with E-state index in [1.165, 1.54) is 5.56 Å². The molecule has 5 nitrogen and oxygen atoms in total. The number of aryl methyl sites for hydroxylation is 1. The highest BCUT2D eigenvalue weighted by Gasteiger charge is 2.08. The summed E-state index contributed by atoms with van der Waals surface area (Å²) in [6.45, 7) is 4.48. The number of hydrogen-bond acceptors (Lipinski definition) is 2. The zero-order valence-corrected chi connectivity index (χ0v) is 12.1. The van der Waals surface area contributed by atoms with Crippen LogP contribution in [0.25, 0.3) is 0 Å². The van der Waals surface area contributed by atoms with Crippen molar-refractivity contribution >= 4 is 11.9 Å². The number of urea groups is 1. The molecule has 1 atom stereocenters. The third kappa shape index (κ3) is 5.73. The normalized spacial score (nSPS) is 11.7. The first kappa shape index (κ1) is 16.0. The van der Waals surface area contributed by atoms with Gasteiger partial charge in [-0.05, 0) is 30.9 Å². The number of rotatable bonds is 7. The third-order valence-electron chi connectivity index (χ3n) is 3.12. The van der Waals surface area contributed by atoms with Gasteiger partial charge in [0.2, 0.25) is 5.91 Å². The first-order valence-corrected chi connectivity index (χ1v) is 6.94. The van der Waals surface area contributed by atoms with Crippen molar-refractivity contribution in [3.05, 3.63) is 35.4 Å². The molecule has 0 aliphatic rings. The number of benzene rings is 1. The highest BCUT2D eigenvalue weighted by molar-refractivity contribution is 5.75. The summed E-state index contributed by atoms with van der Waals surface area (Å²) in [6, 6.07) is 7.89. The molecule has 1 aromatic rings. The first-order valence-electron chi connectivity index (χ1n) is 6.94. The van der Waals surface area contributed by atoms with E-state index < -0.39 is 0 Å². The summed E-state index contributed by atoms with van der Waals surface area (Å²) in [7, 11) is 0. The fourth-order valence-corrected chi connectivity index (χ4v) is 1.84. The lowest BCUT2D eigenvalue weighted by molar-refractivity contribution is -0.118. The Balaban J connectivity index is 2.34. The molecule has 0 fully saturated rings. The number of amides is 3. The Morgan fingerprint density at radius 3 is 2.45 bits per heavy atom. The van der Waals surface area contributed by atoms with Crippen molar-refractivity contribution < 1.29 is 9.59 Å². The van der Waals surface area contributed by atoms with Gasteiger partial charge in [0.25, 0.3) is 0 Å². The second kappa shape index (κ2) is 8.19. The lowest BCUT2D eigenvalue weighted by atomic mass is 10.1. The van der Waals surface area contributed by atoms with Crippen LogP contribution in [-0.2, 0) is 11.2 Å². The maximum Gasteiger partial charge on any atom is 0.315 e. The van der Waals surface area contributed by atoms with E-state index in [1.54, 1.807) is 0 Å². The van der Waals surface area contributed by atoms with Gasteiger partial charge in [-0.2, -0.15) is 0 Å². The van der Waals surface area contributed by atoms with Crippen LogP contribution >= 0.6 is 0 Å². The predicted octanol–water partition coefficient (Wildman–Crippen LogP) is 1.87. The largest absolute Gasteiger partial charge is 0.370 e. The predicted molar refractivity (Wildman–Crippen MR) is 79.2 cm³/mol. The van der Waals surface area contributed by atoms with Crippen LogP contribution < -0.4 is 16.4 Å². The van der Waals surface area contributed by atoms with Crippen LogP contribution in [0.4, 0.5) is 4.79 Å². The number of carbonyl (C=O) groups is 2. The van der Waals surface area contributed by atoms with Gasteiger partial charge in [0.05, 0.1) is 6.04 Å². The van der Waals surface area contributed by atoms with E-state index in [0.29, 0.717) is 13.0 Å². The van der Waals surface area contributed by atoms with E-state index in [2.05, 4.69) is 29.7 Å². The van der Waals surface area contributed by atoms with Crippen LogP contribution in [0.3, 0.4) is 0 Å². The number of primary amides is 1. The minimum Gasteiger partial charge on any atom is -0.370 e. The molecule has 4 N–H and O–H groups in total. The summed E-state index contributed by atoms with van der Waals surface area (Å²) in [5.74, 6) is -0.350. The molecule has 0 unspecified atom stereocenters. The minimum absolute atomic E-state index is 0.0583. The Bertz CT molecular complexity index is 443. The highest BCUT2D eigenvalue weighted by atomic mass is 16.2. The van der Waals surface area contributed by atoms with Crippen molar-refractivity contribution in [2.45, 2.75) is 39.2 Å². The lowest BCUT2D eigenvalue weighted by Gasteiger charge is -2.15. The second-order valence-electron chi connectivity index (χ2n) is 4.79. The molecule has 0 aliphatic carbocycles. The van der Waals surface area contributed by atoms with Gasteiger partial charge in [-0.3, -0.25) is 4.79 Å². The Labute approximate surface area is 119 Å². The zero-order chi connectivity index (χ0) is 15.0. The average molecular weight is 277 g/mol. The van der Waals surface area contributed by atoms with Gasteiger partial charge in [0, 0.05) is 13.0 Å². The summed E-state index contributed by atoms with van der Waals surface area (Å²) >= 11 is 0. The van der Waals surface area contributed by atoms with E-state index in [1.807, 2.05) is 19.1 Å². The van der Waals surface area contributed by atoms with Crippen LogP contribution in [0.2, 0.25) is 0 Å². The topological polar surface area (TPSA) is 84.2 Å². The standard InChI is InChI=1S/C15H23N3O2/c1-3-12-6-8-13(9-7-12)11(2)18-15(20)17-10-4-5-14(16)19/h6-9,11H,3-5,10H2,1-2H3,(H2,16,19)(H2,17,18,20)/t11-/m0/s1. The Morgan fingerprint density at radius 1 is 1.25 bits per heavy atom. The van der Waals surface area contributed by atoms with Crippen LogP contribution in [0.1, 0.15) is 43.9 Å². The van der Waals surface area contributed by atoms with Gasteiger partial charge >= 0.3 is 6.03 Å². The fraction of sp³-hybridized carbons (Fsp3) is 0.467. The Hall–Kier alpha value is -2.04. The summed E-state index contributed by atoms with van der Waals surface area (Å²) in [6.07, 6.45) is 1.85. The molecular weight excluding hydrogens is 254 g/mol. The monoisotopic (exact) mass is 277 g/mol. The molecular formula is C15H23N3O2. The van der Waals surface area contributed by atoms with Crippen molar-refractivity contribution in [3.63, 3.8) is 0 Å². The molecule has 0 spiro atoms. The summed E-state index contributed by atoms with van der Waals surface area (Å²) in [4.78, 5) is 22.2. The molecule has 110 valence electrons. The molecule has 0 saturated heterocycles. The van der Waals surface area contributed by atoms with Gasteiger partial charge in [-0.1, -0.05) is 31.2 Å². The highest BCUT2D eigenvalue weighted by Crippen LogP contribution is 2.13. The van der Waals surface area contributed by atoms with Gasteiger partial charge < -0.3 is 16.4 Å². The molecule has 0 heterocycles. The third-order valence-corrected chi connectivity index (χ3v) is 3.12. The number of nitrogens with two attached hydrogens (primary N) is 1. The first-order chi connectivity index (χ1) is 9.52. The van der Waals surface area contributed by atoms with E-state index in [-0.39, 0.29) is 24.4 Å².